The molecule has 0 spiro atoms. The summed E-state index contributed by atoms with van der Waals surface area (Å²) in [6.45, 7) is 6.37. The standard InChI is InChI=1S/C16H17N5/c1-16(2,3)11-8-19-9-12-13(11)14(17)21-15(20-12)10-4-6-18-7-5-10/h4-9H,1-3H3,(H2,17,20,21). The predicted octanol–water partition coefficient (Wildman–Crippen LogP) is 2.97. The van der Waals surface area contributed by atoms with Crippen LogP contribution in [0.1, 0.15) is 26.3 Å². The van der Waals surface area contributed by atoms with Gasteiger partial charge in [-0.3, -0.25) is 9.97 Å². The van der Waals surface area contributed by atoms with Gasteiger partial charge in [-0.2, -0.15) is 0 Å². The van der Waals surface area contributed by atoms with E-state index in [1.165, 1.54) is 0 Å². The van der Waals surface area contributed by atoms with Crippen molar-refractivity contribution in [3.05, 3.63) is 42.5 Å². The lowest BCUT2D eigenvalue weighted by atomic mass is 9.86. The summed E-state index contributed by atoms with van der Waals surface area (Å²) in [6.07, 6.45) is 6.99. The van der Waals surface area contributed by atoms with E-state index in [0.29, 0.717) is 11.6 Å². The number of anilines is 1. The number of nitrogen functional groups attached to an aromatic ring is 1. The number of rotatable bonds is 1. The average molecular weight is 279 g/mol. The van der Waals surface area contributed by atoms with Crippen molar-refractivity contribution >= 4 is 16.7 Å². The minimum Gasteiger partial charge on any atom is -0.383 e. The normalized spacial score (nSPS) is 11.8. The second-order valence-corrected chi connectivity index (χ2v) is 6.00. The molecule has 0 fully saturated rings. The number of nitrogens with two attached hydrogens (primary N) is 1. The second kappa shape index (κ2) is 4.77. The Morgan fingerprint density at radius 2 is 1.67 bits per heavy atom. The number of aromatic nitrogens is 4. The van der Waals surface area contributed by atoms with Gasteiger partial charge in [0.2, 0.25) is 0 Å². The van der Waals surface area contributed by atoms with Gasteiger partial charge in [-0.05, 0) is 23.1 Å². The topological polar surface area (TPSA) is 77.6 Å². The first-order valence-corrected chi connectivity index (χ1v) is 6.79. The van der Waals surface area contributed by atoms with E-state index in [1.807, 2.05) is 18.3 Å². The van der Waals surface area contributed by atoms with Crippen molar-refractivity contribution in [2.45, 2.75) is 26.2 Å². The lowest BCUT2D eigenvalue weighted by molar-refractivity contribution is 0.593. The molecule has 0 radical (unpaired) electrons. The molecule has 3 aromatic heterocycles. The number of hydrogen-bond acceptors (Lipinski definition) is 5. The maximum absolute atomic E-state index is 6.20. The van der Waals surface area contributed by atoms with E-state index in [4.69, 9.17) is 5.73 Å². The average Bonchev–Trinajstić information content (AvgIpc) is 2.46. The van der Waals surface area contributed by atoms with Crippen LogP contribution >= 0.6 is 0 Å². The van der Waals surface area contributed by atoms with E-state index in [-0.39, 0.29) is 5.41 Å². The third-order valence-corrected chi connectivity index (χ3v) is 3.38. The minimum absolute atomic E-state index is 0.0673. The van der Waals surface area contributed by atoms with Crippen molar-refractivity contribution in [2.24, 2.45) is 0 Å². The van der Waals surface area contributed by atoms with Crippen molar-refractivity contribution in [3.63, 3.8) is 0 Å². The van der Waals surface area contributed by atoms with Crippen molar-refractivity contribution < 1.29 is 0 Å². The highest BCUT2D eigenvalue weighted by Gasteiger charge is 2.20. The molecule has 2 N–H and O–H groups in total. The first-order chi connectivity index (χ1) is 9.97. The van der Waals surface area contributed by atoms with Gasteiger partial charge in [-0.15, -0.1) is 0 Å². The van der Waals surface area contributed by atoms with Gasteiger partial charge < -0.3 is 5.73 Å². The lowest BCUT2D eigenvalue weighted by Crippen LogP contribution is -2.14. The highest BCUT2D eigenvalue weighted by atomic mass is 15.0. The number of nitrogens with zero attached hydrogens (tertiary/aromatic N) is 4. The molecule has 3 heterocycles. The molecule has 0 aliphatic carbocycles. The van der Waals surface area contributed by atoms with Crippen LogP contribution in [0.15, 0.2) is 36.9 Å². The van der Waals surface area contributed by atoms with Crippen LogP contribution in [0.2, 0.25) is 0 Å². The zero-order valence-corrected chi connectivity index (χ0v) is 12.3. The molecule has 3 rings (SSSR count). The maximum Gasteiger partial charge on any atom is 0.162 e. The Morgan fingerprint density at radius 1 is 0.952 bits per heavy atom. The van der Waals surface area contributed by atoms with Crippen LogP contribution in [0.4, 0.5) is 5.82 Å². The Morgan fingerprint density at radius 3 is 2.33 bits per heavy atom. The summed E-state index contributed by atoms with van der Waals surface area (Å²) in [6, 6.07) is 3.73. The molecule has 0 aliphatic heterocycles. The lowest BCUT2D eigenvalue weighted by Gasteiger charge is -2.21. The molecule has 3 aromatic rings. The quantitative estimate of drug-likeness (QED) is 0.741. The van der Waals surface area contributed by atoms with Gasteiger partial charge in [-0.25, -0.2) is 9.97 Å². The van der Waals surface area contributed by atoms with Crippen molar-refractivity contribution in [2.75, 3.05) is 5.73 Å². The largest absolute Gasteiger partial charge is 0.383 e. The van der Waals surface area contributed by atoms with E-state index < -0.39 is 0 Å². The molecule has 0 saturated heterocycles. The molecular weight excluding hydrogens is 262 g/mol. The first-order valence-electron chi connectivity index (χ1n) is 6.79. The Hall–Kier alpha value is -2.56. The van der Waals surface area contributed by atoms with E-state index in [2.05, 4.69) is 40.7 Å². The molecule has 106 valence electrons. The van der Waals surface area contributed by atoms with E-state index in [0.717, 1.165) is 22.0 Å². The molecule has 0 aromatic carbocycles. The second-order valence-electron chi connectivity index (χ2n) is 6.00. The maximum atomic E-state index is 6.20. The highest BCUT2D eigenvalue weighted by Crippen LogP contribution is 2.32. The van der Waals surface area contributed by atoms with Gasteiger partial charge in [0.25, 0.3) is 0 Å². The molecule has 5 heteroatoms. The van der Waals surface area contributed by atoms with Crippen LogP contribution in [0.25, 0.3) is 22.3 Å². The Balaban J connectivity index is 2.28. The number of fused-ring (bicyclic) bond motifs is 1. The Kier molecular flexibility index (Phi) is 3.05. The molecule has 0 atom stereocenters. The molecular formula is C16H17N5. The zero-order valence-electron chi connectivity index (χ0n) is 12.3. The summed E-state index contributed by atoms with van der Waals surface area (Å²) >= 11 is 0. The SMILES string of the molecule is CC(C)(C)c1cncc2nc(-c3ccncc3)nc(N)c12. The Labute approximate surface area is 123 Å². The summed E-state index contributed by atoms with van der Waals surface area (Å²) in [7, 11) is 0. The summed E-state index contributed by atoms with van der Waals surface area (Å²) in [5.74, 6) is 1.08. The zero-order chi connectivity index (χ0) is 15.0. The van der Waals surface area contributed by atoms with Gasteiger partial charge in [0.1, 0.15) is 5.82 Å². The fourth-order valence-corrected chi connectivity index (χ4v) is 2.31. The summed E-state index contributed by atoms with van der Waals surface area (Å²) < 4.78 is 0. The fraction of sp³-hybridized carbons (Fsp3) is 0.250. The van der Waals surface area contributed by atoms with E-state index in [9.17, 15) is 0 Å². The van der Waals surface area contributed by atoms with Crippen molar-refractivity contribution in [1.82, 2.24) is 19.9 Å². The molecule has 0 bridgehead atoms. The van der Waals surface area contributed by atoms with E-state index >= 15 is 0 Å². The smallest absolute Gasteiger partial charge is 0.162 e. The van der Waals surface area contributed by atoms with Crippen LogP contribution in [0.5, 0.6) is 0 Å². The van der Waals surface area contributed by atoms with Gasteiger partial charge in [0.15, 0.2) is 5.82 Å². The van der Waals surface area contributed by atoms with Crippen molar-refractivity contribution in [1.29, 1.82) is 0 Å². The molecule has 0 aliphatic rings. The molecule has 5 nitrogen and oxygen atoms in total. The Bertz CT molecular complexity index is 791. The summed E-state index contributed by atoms with van der Waals surface area (Å²) in [5, 5.41) is 0.885. The van der Waals surface area contributed by atoms with Crippen LogP contribution in [0.3, 0.4) is 0 Å². The first kappa shape index (κ1) is 13.4. The summed E-state index contributed by atoms with van der Waals surface area (Å²) in [5.41, 5.74) is 8.84. The molecule has 0 saturated carbocycles. The van der Waals surface area contributed by atoms with Gasteiger partial charge >= 0.3 is 0 Å². The number of pyridine rings is 2. The van der Waals surface area contributed by atoms with Gasteiger partial charge in [0, 0.05) is 29.5 Å². The van der Waals surface area contributed by atoms with Gasteiger partial charge in [-0.1, -0.05) is 20.8 Å². The molecule has 0 amide bonds. The highest BCUT2D eigenvalue weighted by molar-refractivity contribution is 5.92. The van der Waals surface area contributed by atoms with Crippen LogP contribution in [-0.4, -0.2) is 19.9 Å². The van der Waals surface area contributed by atoms with Crippen LogP contribution in [-0.2, 0) is 5.41 Å². The third-order valence-electron chi connectivity index (χ3n) is 3.38. The third kappa shape index (κ3) is 2.42. The fourth-order valence-electron chi connectivity index (χ4n) is 2.31. The molecule has 21 heavy (non-hydrogen) atoms. The summed E-state index contributed by atoms with van der Waals surface area (Å²) in [4.78, 5) is 17.4. The molecule has 0 unspecified atom stereocenters. The van der Waals surface area contributed by atoms with Crippen LogP contribution in [0, 0.1) is 0 Å². The van der Waals surface area contributed by atoms with Gasteiger partial charge in [0.05, 0.1) is 11.7 Å². The minimum atomic E-state index is -0.0673. The van der Waals surface area contributed by atoms with E-state index in [1.54, 1.807) is 18.6 Å². The van der Waals surface area contributed by atoms with Crippen LogP contribution < -0.4 is 5.73 Å². The number of hydrogen-bond donors (Lipinski definition) is 1. The predicted molar refractivity (Wildman–Crippen MR) is 83.7 cm³/mol. The monoisotopic (exact) mass is 279 g/mol. The van der Waals surface area contributed by atoms with Crippen molar-refractivity contribution in [3.8, 4) is 11.4 Å².